The van der Waals surface area contributed by atoms with E-state index in [1.54, 1.807) is 25.1 Å². The average Bonchev–Trinajstić information content (AvgIpc) is 2.82. The molecule has 1 heterocycles. The summed E-state index contributed by atoms with van der Waals surface area (Å²) in [6.07, 6.45) is 0.452. The quantitative estimate of drug-likeness (QED) is 0.346. The largest absolute Gasteiger partial charge is 0.493 e. The Kier molecular flexibility index (Phi) is 7.98. The van der Waals surface area contributed by atoms with Crippen LogP contribution in [0.25, 0.3) is 0 Å². The van der Waals surface area contributed by atoms with Gasteiger partial charge in [0.25, 0.3) is 0 Å². The summed E-state index contributed by atoms with van der Waals surface area (Å²) >= 11 is 0. The van der Waals surface area contributed by atoms with Crippen LogP contribution in [0.4, 0.5) is 0 Å². The van der Waals surface area contributed by atoms with Crippen LogP contribution in [0.15, 0.2) is 40.7 Å². The monoisotopic (exact) mass is 473 g/mol. The number of allylic oxidation sites excluding steroid dienone is 3. The number of carbonyl (C=O) groups excluding carboxylic acids is 3. The molecule has 0 saturated carbocycles. The molecule has 0 radical (unpaired) electrons. The number of nitrogens with one attached hydrogen (secondary N) is 1. The van der Waals surface area contributed by atoms with Crippen molar-refractivity contribution >= 4 is 17.7 Å². The topological polar surface area (TPSA) is 109 Å². The average molecular weight is 474 g/mol. The number of rotatable bonds is 8. The molecule has 1 aromatic carbocycles. The number of Topliss-reactive ketones (excluding diaryl/α,β-unsaturated/α-hetero) is 1. The van der Waals surface area contributed by atoms with Crippen LogP contribution in [0.5, 0.6) is 11.5 Å². The zero-order valence-electron chi connectivity index (χ0n) is 20.4. The van der Waals surface area contributed by atoms with E-state index >= 15 is 0 Å². The first-order chi connectivity index (χ1) is 16.3. The fraction of sp³-hybridized carbons (Fsp3) is 0.480. The highest BCUT2D eigenvalue weighted by Gasteiger charge is 2.47. The molecule has 0 aromatic heterocycles. The molecule has 9 nitrogen and oxygen atoms in total. The van der Waals surface area contributed by atoms with Gasteiger partial charge >= 0.3 is 11.9 Å². The van der Waals surface area contributed by atoms with E-state index in [4.69, 9.17) is 23.7 Å². The molecule has 2 aliphatic rings. The van der Waals surface area contributed by atoms with Crippen molar-refractivity contribution in [1.29, 1.82) is 0 Å². The van der Waals surface area contributed by atoms with E-state index in [1.165, 1.54) is 28.4 Å². The van der Waals surface area contributed by atoms with Crippen LogP contribution in [-0.2, 0) is 28.6 Å². The van der Waals surface area contributed by atoms with Crippen molar-refractivity contribution in [2.24, 2.45) is 11.8 Å². The summed E-state index contributed by atoms with van der Waals surface area (Å²) in [5.74, 6) is -2.57. The molecule has 34 heavy (non-hydrogen) atoms. The highest BCUT2D eigenvalue weighted by atomic mass is 16.6. The van der Waals surface area contributed by atoms with Crippen LogP contribution in [-0.4, -0.2) is 59.4 Å². The summed E-state index contributed by atoms with van der Waals surface area (Å²) in [4.78, 5) is 39.4. The first kappa shape index (κ1) is 25.3. The molecule has 3 rings (SSSR count). The lowest BCUT2D eigenvalue weighted by atomic mass is 9.69. The highest BCUT2D eigenvalue weighted by Crippen LogP contribution is 2.46. The van der Waals surface area contributed by atoms with Gasteiger partial charge in [-0.25, -0.2) is 4.79 Å². The molecule has 0 fully saturated rings. The molecular weight excluding hydrogens is 442 g/mol. The van der Waals surface area contributed by atoms with Gasteiger partial charge in [0.1, 0.15) is 12.5 Å². The Morgan fingerprint density at radius 1 is 1.06 bits per heavy atom. The van der Waals surface area contributed by atoms with E-state index in [1.807, 2.05) is 6.92 Å². The lowest BCUT2D eigenvalue weighted by Gasteiger charge is -2.38. The van der Waals surface area contributed by atoms with E-state index in [2.05, 4.69) is 5.32 Å². The number of ketones is 1. The Hall–Kier alpha value is -3.33. The van der Waals surface area contributed by atoms with E-state index in [0.717, 1.165) is 0 Å². The smallest absolute Gasteiger partial charge is 0.336 e. The molecule has 0 amide bonds. The number of hydrogen-bond donors (Lipinski definition) is 1. The first-order valence-corrected chi connectivity index (χ1v) is 11.0. The van der Waals surface area contributed by atoms with Gasteiger partial charge in [-0.05, 0) is 37.0 Å². The van der Waals surface area contributed by atoms with Gasteiger partial charge in [0.05, 0.1) is 33.5 Å². The van der Waals surface area contributed by atoms with Crippen molar-refractivity contribution in [2.45, 2.75) is 26.2 Å². The number of methoxy groups -OCH3 is 4. The SMILES string of the molecule is COCCOC(=O)C1=C(C)NC2=C(C(=O)[C@H](C(=O)OC)[C@H](C)C2)[C@@H]1c1ccc(OC)c(OC)c1. The molecule has 1 aliphatic carbocycles. The number of dihydropyridines is 1. The summed E-state index contributed by atoms with van der Waals surface area (Å²) in [7, 11) is 5.81. The number of esters is 2. The van der Waals surface area contributed by atoms with Gasteiger partial charge in [0.15, 0.2) is 17.3 Å². The molecule has 3 atom stereocenters. The van der Waals surface area contributed by atoms with Gasteiger partial charge in [-0.2, -0.15) is 0 Å². The highest BCUT2D eigenvalue weighted by molar-refractivity contribution is 6.12. The number of carbonyl (C=O) groups is 3. The van der Waals surface area contributed by atoms with Crippen LogP contribution in [0.1, 0.15) is 31.7 Å². The maximum absolute atomic E-state index is 13.7. The Labute approximate surface area is 199 Å². The van der Waals surface area contributed by atoms with Crippen molar-refractivity contribution < 1.29 is 38.1 Å². The van der Waals surface area contributed by atoms with Crippen LogP contribution in [0, 0.1) is 11.8 Å². The third-order valence-electron chi connectivity index (χ3n) is 6.22. The Morgan fingerprint density at radius 3 is 2.38 bits per heavy atom. The number of ether oxygens (including phenoxy) is 5. The van der Waals surface area contributed by atoms with Crippen molar-refractivity contribution in [3.63, 3.8) is 0 Å². The van der Waals surface area contributed by atoms with E-state index < -0.39 is 23.8 Å². The van der Waals surface area contributed by atoms with Gasteiger partial charge in [-0.15, -0.1) is 0 Å². The standard InChI is InChI=1S/C25H31NO8/c1-13-11-16-22(23(27)19(13)24(28)33-6)21(15-7-8-17(31-4)18(12-15)32-5)20(14(2)26-16)25(29)34-10-9-30-3/h7-8,12-13,19,21,26H,9-11H2,1-6H3/t13-,19-,21-/m1/s1. The van der Waals surface area contributed by atoms with Crippen molar-refractivity contribution in [3.8, 4) is 11.5 Å². The fourth-order valence-electron chi connectivity index (χ4n) is 4.61. The Morgan fingerprint density at radius 2 is 1.76 bits per heavy atom. The summed E-state index contributed by atoms with van der Waals surface area (Å²) in [6, 6.07) is 5.22. The second kappa shape index (κ2) is 10.7. The molecule has 9 heteroatoms. The van der Waals surface area contributed by atoms with Crippen molar-refractivity contribution in [3.05, 3.63) is 46.3 Å². The van der Waals surface area contributed by atoms with Gasteiger partial charge in [-0.3, -0.25) is 9.59 Å². The molecule has 0 unspecified atom stereocenters. The van der Waals surface area contributed by atoms with Gasteiger partial charge in [0, 0.05) is 30.0 Å². The minimum absolute atomic E-state index is 0.0619. The van der Waals surface area contributed by atoms with Crippen LogP contribution < -0.4 is 14.8 Å². The minimum atomic E-state index is -0.961. The van der Waals surface area contributed by atoms with E-state index in [9.17, 15) is 14.4 Å². The molecule has 0 bridgehead atoms. The van der Waals surface area contributed by atoms with Crippen molar-refractivity contribution in [2.75, 3.05) is 41.7 Å². The zero-order chi connectivity index (χ0) is 25.0. The molecule has 0 spiro atoms. The number of benzene rings is 1. The third-order valence-corrected chi connectivity index (χ3v) is 6.22. The normalized spacial score (nSPS) is 22.1. The molecule has 1 N–H and O–H groups in total. The molecule has 0 saturated heterocycles. The molecular formula is C25H31NO8. The molecule has 184 valence electrons. The maximum atomic E-state index is 13.7. The van der Waals surface area contributed by atoms with Gasteiger partial charge in [-0.1, -0.05) is 13.0 Å². The predicted molar refractivity (Wildman–Crippen MR) is 122 cm³/mol. The predicted octanol–water partition coefficient (Wildman–Crippen LogP) is 2.51. The summed E-state index contributed by atoms with van der Waals surface area (Å²) < 4.78 is 26.2. The van der Waals surface area contributed by atoms with E-state index in [0.29, 0.717) is 40.5 Å². The number of hydrogen-bond acceptors (Lipinski definition) is 9. The molecule has 1 aromatic rings. The summed E-state index contributed by atoms with van der Waals surface area (Å²) in [6.45, 7) is 3.91. The summed E-state index contributed by atoms with van der Waals surface area (Å²) in [5, 5.41) is 3.23. The molecule has 1 aliphatic heterocycles. The minimum Gasteiger partial charge on any atom is -0.493 e. The van der Waals surface area contributed by atoms with Crippen LogP contribution in [0.3, 0.4) is 0 Å². The van der Waals surface area contributed by atoms with Crippen LogP contribution in [0.2, 0.25) is 0 Å². The third kappa shape index (κ3) is 4.65. The van der Waals surface area contributed by atoms with E-state index in [-0.39, 0.29) is 30.5 Å². The Bertz CT molecular complexity index is 1040. The fourth-order valence-corrected chi connectivity index (χ4v) is 4.61. The van der Waals surface area contributed by atoms with Crippen LogP contribution >= 0.6 is 0 Å². The first-order valence-electron chi connectivity index (χ1n) is 11.0. The van der Waals surface area contributed by atoms with Crippen molar-refractivity contribution in [1.82, 2.24) is 5.32 Å². The maximum Gasteiger partial charge on any atom is 0.336 e. The second-order valence-electron chi connectivity index (χ2n) is 8.28. The van der Waals surface area contributed by atoms with Gasteiger partial charge in [0.2, 0.25) is 0 Å². The lowest BCUT2D eigenvalue weighted by Crippen LogP contribution is -2.43. The lowest BCUT2D eigenvalue weighted by molar-refractivity contribution is -0.151. The van der Waals surface area contributed by atoms with Gasteiger partial charge < -0.3 is 29.0 Å². The zero-order valence-corrected chi connectivity index (χ0v) is 20.4. The summed E-state index contributed by atoms with van der Waals surface area (Å²) in [5.41, 5.74) is 2.54. The Balaban J connectivity index is 2.17. The second-order valence-corrected chi connectivity index (χ2v) is 8.28.